The zero-order chi connectivity index (χ0) is 21.6. The van der Waals surface area contributed by atoms with E-state index in [9.17, 15) is 0 Å². The van der Waals surface area contributed by atoms with Gasteiger partial charge in [0.15, 0.2) is 0 Å². The number of nitrogens with zero attached hydrogens (tertiary/aromatic N) is 3. The Bertz CT molecular complexity index is 1000. The molecule has 1 saturated carbocycles. The molecular weight excluding hydrogens is 386 g/mol. The first kappa shape index (κ1) is 21.4. The zero-order valence-electron chi connectivity index (χ0n) is 18.8. The minimum Gasteiger partial charge on any atom is -0.465 e. The minimum atomic E-state index is 0.438. The van der Waals surface area contributed by atoms with Crippen molar-refractivity contribution in [2.75, 3.05) is 37.4 Å². The Morgan fingerprint density at radius 3 is 2.65 bits per heavy atom. The molecule has 6 nitrogen and oxygen atoms in total. The van der Waals surface area contributed by atoms with Crippen LogP contribution in [0.4, 0.5) is 11.8 Å². The van der Waals surface area contributed by atoms with Crippen molar-refractivity contribution in [1.29, 1.82) is 0 Å². The largest absolute Gasteiger partial charge is 0.465 e. The van der Waals surface area contributed by atoms with Gasteiger partial charge in [-0.25, -0.2) is 4.98 Å². The van der Waals surface area contributed by atoms with Crippen LogP contribution in [0.2, 0.25) is 0 Å². The molecule has 2 heterocycles. The second kappa shape index (κ2) is 9.96. The normalized spacial score (nSPS) is 19.5. The van der Waals surface area contributed by atoms with Gasteiger partial charge in [-0.05, 0) is 75.4 Å². The van der Waals surface area contributed by atoms with E-state index in [1.807, 2.05) is 38.4 Å². The van der Waals surface area contributed by atoms with Gasteiger partial charge in [0.1, 0.15) is 11.6 Å². The van der Waals surface area contributed by atoms with Crippen molar-refractivity contribution in [2.45, 2.75) is 38.6 Å². The Balaban J connectivity index is 1.27. The van der Waals surface area contributed by atoms with Crippen LogP contribution >= 0.6 is 0 Å². The molecule has 0 saturated heterocycles. The Hall–Kier alpha value is -2.86. The number of hydrogen-bond acceptors (Lipinski definition) is 6. The van der Waals surface area contributed by atoms with Crippen molar-refractivity contribution < 1.29 is 4.42 Å². The fourth-order valence-corrected chi connectivity index (χ4v) is 4.30. The van der Waals surface area contributed by atoms with E-state index in [1.165, 1.54) is 18.4 Å². The highest BCUT2D eigenvalue weighted by Crippen LogP contribution is 2.28. The predicted molar refractivity (Wildman–Crippen MR) is 128 cm³/mol. The van der Waals surface area contributed by atoms with E-state index in [0.29, 0.717) is 6.04 Å². The number of rotatable bonds is 8. The quantitative estimate of drug-likeness (QED) is 0.538. The minimum absolute atomic E-state index is 0.438. The molecule has 0 radical (unpaired) electrons. The maximum absolute atomic E-state index is 5.38. The SMILES string of the molecule is CC(=Cc1ccco1)CNCC1CCC(Nc2nc(N(C)C)c3ccccc3n2)CC1. The first-order valence-corrected chi connectivity index (χ1v) is 11.2. The molecular formula is C25H33N5O. The Morgan fingerprint density at radius 2 is 1.90 bits per heavy atom. The molecule has 3 aromatic rings. The van der Waals surface area contributed by atoms with Gasteiger partial charge in [-0.3, -0.25) is 0 Å². The van der Waals surface area contributed by atoms with Crippen LogP contribution in [-0.2, 0) is 0 Å². The summed E-state index contributed by atoms with van der Waals surface area (Å²) >= 11 is 0. The summed E-state index contributed by atoms with van der Waals surface area (Å²) in [5.74, 6) is 3.34. The molecule has 0 bridgehead atoms. The molecule has 2 N–H and O–H groups in total. The number of anilines is 2. The summed E-state index contributed by atoms with van der Waals surface area (Å²) in [6.45, 7) is 4.10. The molecule has 2 aromatic heterocycles. The first-order valence-electron chi connectivity index (χ1n) is 11.2. The van der Waals surface area contributed by atoms with E-state index in [2.05, 4.69) is 40.7 Å². The fourth-order valence-electron chi connectivity index (χ4n) is 4.30. The number of para-hydroxylation sites is 1. The van der Waals surface area contributed by atoms with Gasteiger partial charge in [-0.2, -0.15) is 4.98 Å². The highest BCUT2D eigenvalue weighted by Gasteiger charge is 2.22. The number of aromatic nitrogens is 2. The third-order valence-electron chi connectivity index (χ3n) is 5.96. The fraction of sp³-hybridized carbons (Fsp3) is 0.440. The molecule has 1 fully saturated rings. The third-order valence-corrected chi connectivity index (χ3v) is 5.96. The molecule has 6 heteroatoms. The van der Waals surface area contributed by atoms with Crippen LogP contribution in [0, 0.1) is 5.92 Å². The molecule has 1 aliphatic carbocycles. The van der Waals surface area contributed by atoms with E-state index in [1.54, 1.807) is 6.26 Å². The molecule has 31 heavy (non-hydrogen) atoms. The van der Waals surface area contributed by atoms with Gasteiger partial charge in [-0.15, -0.1) is 0 Å². The Labute approximate surface area is 184 Å². The number of benzene rings is 1. The average Bonchev–Trinajstić information content (AvgIpc) is 3.27. The van der Waals surface area contributed by atoms with Crippen LogP contribution in [0.25, 0.3) is 17.0 Å². The molecule has 4 rings (SSSR count). The van der Waals surface area contributed by atoms with Crippen molar-refractivity contribution in [2.24, 2.45) is 5.92 Å². The second-order valence-corrected chi connectivity index (χ2v) is 8.78. The van der Waals surface area contributed by atoms with Crippen LogP contribution < -0.4 is 15.5 Å². The molecule has 0 amide bonds. The lowest BCUT2D eigenvalue weighted by Crippen LogP contribution is -2.32. The van der Waals surface area contributed by atoms with Gasteiger partial charge in [0.05, 0.1) is 11.8 Å². The van der Waals surface area contributed by atoms with Gasteiger partial charge in [0.25, 0.3) is 0 Å². The van der Waals surface area contributed by atoms with Gasteiger partial charge in [0.2, 0.25) is 5.95 Å². The lowest BCUT2D eigenvalue weighted by molar-refractivity contribution is 0.327. The first-order chi connectivity index (χ1) is 15.1. The zero-order valence-corrected chi connectivity index (χ0v) is 18.8. The van der Waals surface area contributed by atoms with E-state index >= 15 is 0 Å². The lowest BCUT2D eigenvalue weighted by Gasteiger charge is -2.29. The highest BCUT2D eigenvalue weighted by atomic mass is 16.3. The van der Waals surface area contributed by atoms with Crippen molar-refractivity contribution in [3.8, 4) is 0 Å². The summed E-state index contributed by atoms with van der Waals surface area (Å²) in [6, 6.07) is 12.5. The van der Waals surface area contributed by atoms with Gasteiger partial charge >= 0.3 is 0 Å². The van der Waals surface area contributed by atoms with Crippen molar-refractivity contribution >= 4 is 28.7 Å². The van der Waals surface area contributed by atoms with Crippen LogP contribution in [-0.4, -0.2) is 43.2 Å². The van der Waals surface area contributed by atoms with Gasteiger partial charge in [-0.1, -0.05) is 17.7 Å². The van der Waals surface area contributed by atoms with Crippen molar-refractivity contribution in [1.82, 2.24) is 15.3 Å². The summed E-state index contributed by atoms with van der Waals surface area (Å²) in [4.78, 5) is 11.6. The number of hydrogen-bond donors (Lipinski definition) is 2. The predicted octanol–water partition coefficient (Wildman–Crippen LogP) is 4.95. The summed E-state index contributed by atoms with van der Waals surface area (Å²) in [6.07, 6.45) is 8.56. The Morgan fingerprint density at radius 1 is 1.10 bits per heavy atom. The summed E-state index contributed by atoms with van der Waals surface area (Å²) in [5.41, 5.74) is 2.27. The van der Waals surface area contributed by atoms with E-state index < -0.39 is 0 Å². The third kappa shape index (κ3) is 5.64. The second-order valence-electron chi connectivity index (χ2n) is 8.78. The topological polar surface area (TPSA) is 66.2 Å². The average molecular weight is 420 g/mol. The lowest BCUT2D eigenvalue weighted by atomic mass is 9.86. The van der Waals surface area contributed by atoms with Crippen LogP contribution in [0.3, 0.4) is 0 Å². The molecule has 0 aliphatic heterocycles. The standard InChI is InChI=1S/C25H33N5O/c1-18(15-21-7-6-14-31-21)16-26-17-19-10-12-20(13-11-19)27-25-28-23-9-5-4-8-22(23)24(29-25)30(2)3/h4-9,14-15,19-20,26H,10-13,16-17H2,1-3H3,(H,27,28,29). The summed E-state index contributed by atoms with van der Waals surface area (Å²) in [5, 5.41) is 8.30. The van der Waals surface area contributed by atoms with Crippen molar-refractivity contribution in [3.05, 3.63) is 54.0 Å². The molecule has 0 atom stereocenters. The number of fused-ring (bicyclic) bond motifs is 1. The Kier molecular flexibility index (Phi) is 6.87. The van der Waals surface area contributed by atoms with Crippen LogP contribution in [0.15, 0.2) is 52.7 Å². The monoisotopic (exact) mass is 419 g/mol. The summed E-state index contributed by atoms with van der Waals surface area (Å²) < 4.78 is 5.38. The summed E-state index contributed by atoms with van der Waals surface area (Å²) in [7, 11) is 4.06. The molecule has 0 spiro atoms. The number of nitrogens with one attached hydrogen (secondary N) is 2. The molecule has 1 aromatic carbocycles. The molecule has 164 valence electrons. The van der Waals surface area contributed by atoms with E-state index in [4.69, 9.17) is 14.4 Å². The van der Waals surface area contributed by atoms with Crippen LogP contribution in [0.1, 0.15) is 38.4 Å². The maximum Gasteiger partial charge on any atom is 0.225 e. The number of furan rings is 1. The molecule has 0 unspecified atom stereocenters. The van der Waals surface area contributed by atoms with Crippen molar-refractivity contribution in [3.63, 3.8) is 0 Å². The smallest absolute Gasteiger partial charge is 0.225 e. The van der Waals surface area contributed by atoms with Gasteiger partial charge in [0, 0.05) is 32.1 Å². The molecule has 1 aliphatic rings. The highest BCUT2D eigenvalue weighted by molar-refractivity contribution is 5.90. The van der Waals surface area contributed by atoms with E-state index in [-0.39, 0.29) is 0 Å². The maximum atomic E-state index is 5.38. The van der Waals surface area contributed by atoms with Crippen LogP contribution in [0.5, 0.6) is 0 Å². The van der Waals surface area contributed by atoms with Gasteiger partial charge < -0.3 is 20.0 Å². The van der Waals surface area contributed by atoms with E-state index in [0.717, 1.165) is 60.3 Å².